The van der Waals surface area contributed by atoms with E-state index >= 15 is 0 Å². The molecule has 0 saturated carbocycles. The van der Waals surface area contributed by atoms with Gasteiger partial charge in [0.25, 0.3) is 5.56 Å². The Bertz CT molecular complexity index is 1430. The van der Waals surface area contributed by atoms with Crippen molar-refractivity contribution in [3.63, 3.8) is 0 Å². The predicted octanol–water partition coefficient (Wildman–Crippen LogP) is 5.13. The number of hydrogen-bond donors (Lipinski definition) is 2. The third-order valence-electron chi connectivity index (χ3n) is 5.73. The van der Waals surface area contributed by atoms with Gasteiger partial charge in [-0.05, 0) is 60.5 Å². The van der Waals surface area contributed by atoms with Gasteiger partial charge in [-0.15, -0.1) is 0 Å². The number of aromatic nitrogens is 1. The molecule has 2 atom stereocenters. The van der Waals surface area contributed by atoms with Crippen LogP contribution in [0.2, 0.25) is 10.0 Å². The molecule has 1 unspecified atom stereocenters. The highest BCUT2D eigenvalue weighted by molar-refractivity contribution is 6.30. The number of carbonyl (C=O) groups excluding carboxylic acids is 2. The molecule has 0 aliphatic heterocycles. The number of rotatable bonds is 6. The maximum absolute atomic E-state index is 13.3. The Morgan fingerprint density at radius 2 is 1.44 bits per heavy atom. The number of nitrogens with one attached hydrogen (secondary N) is 1. The first-order chi connectivity index (χ1) is 16.3. The topological polar surface area (TPSA) is 94.2 Å². The zero-order chi connectivity index (χ0) is 24.4. The number of nitrogens with zero attached hydrogens (tertiary/aromatic N) is 1. The lowest BCUT2D eigenvalue weighted by Gasteiger charge is -2.19. The van der Waals surface area contributed by atoms with Gasteiger partial charge in [-0.1, -0.05) is 53.5 Å². The van der Waals surface area contributed by atoms with Crippen molar-refractivity contribution < 1.29 is 9.59 Å². The third kappa shape index (κ3) is 4.69. The summed E-state index contributed by atoms with van der Waals surface area (Å²) in [5.41, 5.74) is 7.10. The molecule has 8 heteroatoms. The molecule has 0 saturated heterocycles. The van der Waals surface area contributed by atoms with Gasteiger partial charge in [0.1, 0.15) is 6.04 Å². The first-order valence-corrected chi connectivity index (χ1v) is 11.3. The van der Waals surface area contributed by atoms with Gasteiger partial charge in [0.2, 0.25) is 11.8 Å². The van der Waals surface area contributed by atoms with E-state index in [9.17, 15) is 14.4 Å². The van der Waals surface area contributed by atoms with Crippen LogP contribution >= 0.6 is 23.2 Å². The van der Waals surface area contributed by atoms with E-state index in [-0.39, 0.29) is 5.91 Å². The first-order valence-electron chi connectivity index (χ1n) is 10.5. The highest BCUT2D eigenvalue weighted by atomic mass is 35.5. The van der Waals surface area contributed by atoms with Crippen LogP contribution in [0.1, 0.15) is 30.0 Å². The molecule has 4 aromatic rings. The van der Waals surface area contributed by atoms with Crippen LogP contribution in [0.25, 0.3) is 10.8 Å². The fourth-order valence-corrected chi connectivity index (χ4v) is 4.11. The van der Waals surface area contributed by atoms with Gasteiger partial charge < -0.3 is 11.1 Å². The smallest absolute Gasteiger partial charge is 0.259 e. The Hall–Kier alpha value is -3.61. The SMILES string of the molecule is CC(C(=O)Nc1cccc2c(=O)n([C@H](C(N)=O)c3ccc(Cl)cc3)ccc12)c1ccc(Cl)cc1. The Kier molecular flexibility index (Phi) is 6.72. The second kappa shape index (κ2) is 9.71. The summed E-state index contributed by atoms with van der Waals surface area (Å²) in [5, 5.41) is 4.91. The quantitative estimate of drug-likeness (QED) is 0.389. The minimum atomic E-state index is -1.00. The monoisotopic (exact) mass is 493 g/mol. The van der Waals surface area contributed by atoms with Crippen LogP contribution in [0.4, 0.5) is 5.69 Å². The van der Waals surface area contributed by atoms with Gasteiger partial charge in [0, 0.05) is 32.7 Å². The van der Waals surface area contributed by atoms with E-state index in [1.54, 1.807) is 79.7 Å². The van der Waals surface area contributed by atoms with Crippen molar-refractivity contribution in [3.8, 4) is 0 Å². The Labute approximate surface area is 205 Å². The maximum atomic E-state index is 13.3. The fraction of sp³-hybridized carbons (Fsp3) is 0.115. The summed E-state index contributed by atoms with van der Waals surface area (Å²) in [7, 11) is 0. The van der Waals surface area contributed by atoms with Crippen molar-refractivity contribution in [3.05, 3.63) is 111 Å². The van der Waals surface area contributed by atoms with E-state index in [4.69, 9.17) is 28.9 Å². The first kappa shape index (κ1) is 23.5. The second-order valence-electron chi connectivity index (χ2n) is 7.91. The molecule has 0 aliphatic rings. The summed E-state index contributed by atoms with van der Waals surface area (Å²) in [4.78, 5) is 38.5. The summed E-state index contributed by atoms with van der Waals surface area (Å²) in [6.45, 7) is 1.79. The van der Waals surface area contributed by atoms with Gasteiger partial charge in [-0.25, -0.2) is 0 Å². The molecular formula is C26H21Cl2N3O3. The third-order valence-corrected chi connectivity index (χ3v) is 6.23. The van der Waals surface area contributed by atoms with Crippen LogP contribution < -0.4 is 16.6 Å². The van der Waals surface area contributed by atoms with Crippen molar-refractivity contribution in [2.75, 3.05) is 5.32 Å². The summed E-state index contributed by atoms with van der Waals surface area (Å²) in [6, 6.07) is 19.4. The zero-order valence-corrected chi connectivity index (χ0v) is 19.7. The van der Waals surface area contributed by atoms with Crippen molar-refractivity contribution in [2.45, 2.75) is 18.9 Å². The number of nitrogens with two attached hydrogens (primary N) is 1. The highest BCUT2D eigenvalue weighted by Crippen LogP contribution is 2.26. The van der Waals surface area contributed by atoms with Crippen molar-refractivity contribution in [1.29, 1.82) is 0 Å². The molecule has 0 fully saturated rings. The molecule has 3 N–H and O–H groups in total. The number of benzene rings is 3. The average Bonchev–Trinajstić information content (AvgIpc) is 2.82. The molecule has 0 radical (unpaired) electrons. The lowest BCUT2D eigenvalue weighted by atomic mass is 10.00. The number of anilines is 1. The van der Waals surface area contributed by atoms with E-state index < -0.39 is 23.4 Å². The van der Waals surface area contributed by atoms with Crippen molar-refractivity contribution in [2.24, 2.45) is 5.73 Å². The molecule has 6 nitrogen and oxygen atoms in total. The highest BCUT2D eigenvalue weighted by Gasteiger charge is 2.23. The van der Waals surface area contributed by atoms with E-state index in [1.165, 1.54) is 10.8 Å². The Morgan fingerprint density at radius 3 is 2.03 bits per heavy atom. The molecule has 0 aliphatic carbocycles. The number of pyridine rings is 1. The van der Waals surface area contributed by atoms with E-state index in [2.05, 4.69) is 5.32 Å². The van der Waals surface area contributed by atoms with Crippen LogP contribution in [0.15, 0.2) is 83.8 Å². The number of halogens is 2. The number of primary amides is 1. The summed E-state index contributed by atoms with van der Waals surface area (Å²) < 4.78 is 1.29. The molecule has 1 aromatic heterocycles. The molecule has 34 heavy (non-hydrogen) atoms. The van der Waals surface area contributed by atoms with E-state index in [1.807, 2.05) is 0 Å². The minimum absolute atomic E-state index is 0.227. The largest absolute Gasteiger partial charge is 0.368 e. The van der Waals surface area contributed by atoms with E-state index in [0.29, 0.717) is 32.1 Å². The van der Waals surface area contributed by atoms with Gasteiger partial charge in [-0.3, -0.25) is 19.0 Å². The van der Waals surface area contributed by atoms with Crippen molar-refractivity contribution >= 4 is 51.5 Å². The molecule has 172 valence electrons. The molecule has 2 amide bonds. The van der Waals surface area contributed by atoms with Gasteiger partial charge in [0.15, 0.2) is 0 Å². The van der Waals surface area contributed by atoms with Crippen LogP contribution in [-0.2, 0) is 9.59 Å². The lowest BCUT2D eigenvalue weighted by molar-refractivity contribution is -0.120. The number of hydrogen-bond acceptors (Lipinski definition) is 3. The minimum Gasteiger partial charge on any atom is -0.368 e. The normalized spacial score (nSPS) is 12.8. The van der Waals surface area contributed by atoms with Gasteiger partial charge in [0.05, 0.1) is 5.92 Å². The van der Waals surface area contributed by atoms with Crippen LogP contribution in [0, 0.1) is 0 Å². The summed E-state index contributed by atoms with van der Waals surface area (Å²) in [6.07, 6.45) is 1.51. The van der Waals surface area contributed by atoms with Crippen LogP contribution in [0.3, 0.4) is 0 Å². The standard InChI is InChI=1S/C26H21Cl2N3O3/c1-15(16-5-9-18(27)10-6-16)25(33)30-22-4-2-3-21-20(22)13-14-31(26(21)34)23(24(29)32)17-7-11-19(28)12-8-17/h2-15,23H,1H3,(H2,29,32)(H,30,33)/t15?,23-/m0/s1. The van der Waals surface area contributed by atoms with Crippen LogP contribution in [-0.4, -0.2) is 16.4 Å². The van der Waals surface area contributed by atoms with Crippen molar-refractivity contribution in [1.82, 2.24) is 4.57 Å². The Morgan fingerprint density at radius 1 is 0.853 bits per heavy atom. The number of amides is 2. The van der Waals surface area contributed by atoms with E-state index in [0.717, 1.165) is 5.56 Å². The molecule has 4 rings (SSSR count). The van der Waals surface area contributed by atoms with Gasteiger partial charge >= 0.3 is 0 Å². The average molecular weight is 494 g/mol. The van der Waals surface area contributed by atoms with Crippen LogP contribution in [0.5, 0.6) is 0 Å². The number of fused-ring (bicyclic) bond motifs is 1. The molecule has 3 aromatic carbocycles. The lowest BCUT2D eigenvalue weighted by Crippen LogP contribution is -2.34. The number of carbonyl (C=O) groups is 2. The fourth-order valence-electron chi connectivity index (χ4n) is 3.86. The summed E-state index contributed by atoms with van der Waals surface area (Å²) in [5.74, 6) is -1.34. The molecular weight excluding hydrogens is 473 g/mol. The molecule has 1 heterocycles. The molecule has 0 spiro atoms. The second-order valence-corrected chi connectivity index (χ2v) is 8.79. The summed E-state index contributed by atoms with van der Waals surface area (Å²) >= 11 is 11.9. The van der Waals surface area contributed by atoms with Gasteiger partial charge in [-0.2, -0.15) is 0 Å². The Balaban J connectivity index is 1.70. The zero-order valence-electron chi connectivity index (χ0n) is 18.2. The predicted molar refractivity (Wildman–Crippen MR) is 135 cm³/mol. The molecule has 0 bridgehead atoms. The maximum Gasteiger partial charge on any atom is 0.259 e.